The van der Waals surface area contributed by atoms with E-state index in [-0.39, 0.29) is 0 Å². The van der Waals surface area contributed by atoms with E-state index in [0.717, 1.165) is 22.2 Å². The summed E-state index contributed by atoms with van der Waals surface area (Å²) in [7, 11) is 0. The maximum atomic E-state index is 12.4. The number of hydrogen-bond acceptors (Lipinski definition) is 2. The van der Waals surface area contributed by atoms with E-state index in [1.54, 1.807) is 12.3 Å². The molecule has 2 nitrogen and oxygen atoms in total. The Morgan fingerprint density at radius 1 is 1.16 bits per heavy atom. The predicted molar refractivity (Wildman–Crippen MR) is 68.2 cm³/mol. The largest absolute Gasteiger partial charge is 0.439 e. The zero-order valence-corrected chi connectivity index (χ0v) is 11.4. The summed E-state index contributed by atoms with van der Waals surface area (Å²) in [4.78, 5) is 4.01. The third-order valence-corrected chi connectivity index (χ3v) is 3.26. The number of ether oxygens (including phenoxy) is 1. The number of benzene rings is 1. The van der Waals surface area contributed by atoms with Crippen molar-refractivity contribution in [1.29, 1.82) is 0 Å². The lowest BCUT2D eigenvalue weighted by atomic mass is 10.2. The lowest BCUT2D eigenvalue weighted by Crippen LogP contribution is -2.04. The van der Waals surface area contributed by atoms with Crippen molar-refractivity contribution in [2.24, 2.45) is 0 Å². The number of halogens is 4. The van der Waals surface area contributed by atoms with Gasteiger partial charge in [0.25, 0.3) is 0 Å². The molecule has 0 radical (unpaired) electrons. The minimum atomic E-state index is -4.34. The second-order valence-corrected chi connectivity index (χ2v) is 4.75. The van der Waals surface area contributed by atoms with Crippen LogP contribution in [0.2, 0.25) is 0 Å². The van der Waals surface area contributed by atoms with Crippen molar-refractivity contribution < 1.29 is 17.9 Å². The zero-order chi connectivity index (χ0) is 14.0. The van der Waals surface area contributed by atoms with Crippen molar-refractivity contribution >= 4 is 15.9 Å². The molecule has 0 amide bonds. The van der Waals surface area contributed by atoms with Crippen molar-refractivity contribution in [3.05, 3.63) is 52.1 Å². The molecule has 0 aliphatic carbocycles. The van der Waals surface area contributed by atoms with Gasteiger partial charge in [-0.2, -0.15) is 13.2 Å². The van der Waals surface area contributed by atoms with Crippen LogP contribution in [0.3, 0.4) is 0 Å². The quantitative estimate of drug-likeness (QED) is 0.775. The smallest absolute Gasteiger partial charge is 0.416 e. The molecule has 6 heteroatoms. The van der Waals surface area contributed by atoms with Gasteiger partial charge >= 0.3 is 6.18 Å². The summed E-state index contributed by atoms with van der Waals surface area (Å²) in [6.07, 6.45) is -2.76. The van der Waals surface area contributed by atoms with E-state index in [9.17, 15) is 13.2 Å². The summed E-state index contributed by atoms with van der Waals surface area (Å²) in [5.41, 5.74) is 0.219. The first-order valence-electron chi connectivity index (χ1n) is 5.33. The molecule has 0 aliphatic heterocycles. The van der Waals surface area contributed by atoms with Crippen LogP contribution in [-0.4, -0.2) is 4.98 Å². The maximum absolute atomic E-state index is 12.4. The molecule has 1 aromatic carbocycles. The molecule has 1 aromatic heterocycles. The fraction of sp³-hybridized carbons (Fsp3) is 0.154. The van der Waals surface area contributed by atoms with Gasteiger partial charge in [0, 0.05) is 16.7 Å². The number of alkyl halides is 3. The first kappa shape index (κ1) is 13.9. The molecule has 0 aliphatic rings. The van der Waals surface area contributed by atoms with Gasteiger partial charge in [0.15, 0.2) is 0 Å². The van der Waals surface area contributed by atoms with Crippen molar-refractivity contribution in [2.45, 2.75) is 13.1 Å². The molecule has 0 fully saturated rings. The average molecular weight is 332 g/mol. The van der Waals surface area contributed by atoms with E-state index < -0.39 is 11.7 Å². The monoisotopic (exact) mass is 331 g/mol. The first-order chi connectivity index (χ1) is 8.86. The summed E-state index contributed by atoms with van der Waals surface area (Å²) >= 11 is 3.30. The summed E-state index contributed by atoms with van der Waals surface area (Å²) in [6.45, 7) is 1.87. The Bertz CT molecular complexity index is 581. The van der Waals surface area contributed by atoms with Crippen LogP contribution in [0.5, 0.6) is 11.6 Å². The van der Waals surface area contributed by atoms with Crippen molar-refractivity contribution in [2.75, 3.05) is 0 Å². The van der Waals surface area contributed by atoms with Crippen LogP contribution in [0.4, 0.5) is 13.2 Å². The molecule has 0 spiro atoms. The van der Waals surface area contributed by atoms with Crippen molar-refractivity contribution in [3.63, 3.8) is 0 Å². The van der Waals surface area contributed by atoms with Gasteiger partial charge in [-0.05, 0) is 52.7 Å². The number of pyridine rings is 1. The van der Waals surface area contributed by atoms with Crippen molar-refractivity contribution in [1.82, 2.24) is 4.98 Å². The van der Waals surface area contributed by atoms with E-state index in [1.165, 1.54) is 12.1 Å². The van der Waals surface area contributed by atoms with Crippen LogP contribution in [0.25, 0.3) is 0 Å². The molecular formula is C13H9BrF3NO. The van der Waals surface area contributed by atoms with Crippen molar-refractivity contribution in [3.8, 4) is 11.6 Å². The molecule has 0 bridgehead atoms. The second kappa shape index (κ2) is 5.21. The molecular weight excluding hydrogens is 323 g/mol. The minimum Gasteiger partial charge on any atom is -0.439 e. The molecule has 0 N–H and O–H groups in total. The fourth-order valence-corrected chi connectivity index (χ4v) is 1.62. The molecule has 0 saturated carbocycles. The fourth-order valence-electron chi connectivity index (χ4n) is 1.40. The standard InChI is InChI=1S/C13H9BrF3NO/c1-8-6-12(18-7-11(8)14)19-10-4-2-9(3-5-10)13(15,16)17/h2-7H,1H3. The Balaban J connectivity index is 2.17. The average Bonchev–Trinajstić information content (AvgIpc) is 2.33. The Kier molecular flexibility index (Phi) is 3.80. The van der Waals surface area contributed by atoms with Gasteiger partial charge in [0.2, 0.25) is 5.88 Å². The van der Waals surface area contributed by atoms with Crippen LogP contribution in [0.1, 0.15) is 11.1 Å². The van der Waals surface area contributed by atoms with E-state index >= 15 is 0 Å². The summed E-state index contributed by atoms with van der Waals surface area (Å²) in [5, 5.41) is 0. The molecule has 2 aromatic rings. The number of nitrogens with zero attached hydrogens (tertiary/aromatic N) is 1. The van der Waals surface area contributed by atoms with Crippen LogP contribution in [-0.2, 0) is 6.18 Å². The Hall–Kier alpha value is -1.56. The molecule has 0 unspecified atom stereocenters. The summed E-state index contributed by atoms with van der Waals surface area (Å²) in [5.74, 6) is 0.641. The Labute approximate surface area is 116 Å². The van der Waals surface area contributed by atoms with Gasteiger partial charge in [0.05, 0.1) is 5.56 Å². The van der Waals surface area contributed by atoms with Gasteiger partial charge in [-0.25, -0.2) is 4.98 Å². The van der Waals surface area contributed by atoms with Gasteiger partial charge < -0.3 is 4.74 Å². The summed E-state index contributed by atoms with van der Waals surface area (Å²) < 4.78 is 43.4. The third kappa shape index (κ3) is 3.47. The topological polar surface area (TPSA) is 22.1 Å². The molecule has 100 valence electrons. The second-order valence-electron chi connectivity index (χ2n) is 3.90. The van der Waals surface area contributed by atoms with Crippen LogP contribution in [0.15, 0.2) is 41.0 Å². The highest BCUT2D eigenvalue weighted by Gasteiger charge is 2.30. The minimum absolute atomic E-state index is 0.308. The third-order valence-electron chi connectivity index (χ3n) is 2.43. The van der Waals surface area contributed by atoms with E-state index in [1.807, 2.05) is 6.92 Å². The lowest BCUT2D eigenvalue weighted by Gasteiger charge is -2.09. The van der Waals surface area contributed by atoms with E-state index in [4.69, 9.17) is 4.74 Å². The molecule has 1 heterocycles. The van der Waals surface area contributed by atoms with E-state index in [0.29, 0.717) is 11.6 Å². The molecule has 2 rings (SSSR count). The number of hydrogen-bond donors (Lipinski definition) is 0. The highest BCUT2D eigenvalue weighted by Crippen LogP contribution is 2.31. The number of aromatic nitrogens is 1. The Morgan fingerprint density at radius 2 is 1.79 bits per heavy atom. The van der Waals surface area contributed by atoms with Gasteiger partial charge in [-0.1, -0.05) is 0 Å². The molecule has 0 atom stereocenters. The highest BCUT2D eigenvalue weighted by molar-refractivity contribution is 9.10. The SMILES string of the molecule is Cc1cc(Oc2ccc(C(F)(F)F)cc2)ncc1Br. The number of aryl methyl sites for hydroxylation is 1. The van der Waals surface area contributed by atoms with E-state index in [2.05, 4.69) is 20.9 Å². The first-order valence-corrected chi connectivity index (χ1v) is 6.13. The highest BCUT2D eigenvalue weighted by atomic mass is 79.9. The lowest BCUT2D eigenvalue weighted by molar-refractivity contribution is -0.137. The zero-order valence-electron chi connectivity index (χ0n) is 9.83. The van der Waals surface area contributed by atoms with Gasteiger partial charge in [-0.3, -0.25) is 0 Å². The van der Waals surface area contributed by atoms with Gasteiger partial charge in [0.1, 0.15) is 5.75 Å². The van der Waals surface area contributed by atoms with Crippen LogP contribution in [0, 0.1) is 6.92 Å². The molecule has 19 heavy (non-hydrogen) atoms. The maximum Gasteiger partial charge on any atom is 0.416 e. The normalized spacial score (nSPS) is 11.4. The molecule has 0 saturated heterocycles. The predicted octanol–water partition coefficient (Wildman–Crippen LogP) is 4.96. The van der Waals surface area contributed by atoms with Gasteiger partial charge in [-0.15, -0.1) is 0 Å². The Morgan fingerprint density at radius 3 is 2.32 bits per heavy atom. The summed E-state index contributed by atoms with van der Waals surface area (Å²) in [6, 6.07) is 6.17. The van der Waals surface area contributed by atoms with Crippen LogP contribution < -0.4 is 4.74 Å². The van der Waals surface area contributed by atoms with Crippen LogP contribution >= 0.6 is 15.9 Å². The number of rotatable bonds is 2.